The van der Waals surface area contributed by atoms with Gasteiger partial charge in [-0.05, 0) is 17.7 Å². The van der Waals surface area contributed by atoms with Gasteiger partial charge in [0.25, 0.3) is 20.2 Å². The van der Waals surface area contributed by atoms with Crippen molar-refractivity contribution in [2.45, 2.75) is 16.3 Å². The first-order chi connectivity index (χ1) is 10.0. The lowest BCUT2D eigenvalue weighted by Crippen LogP contribution is -2.24. The zero-order chi connectivity index (χ0) is 16.7. The van der Waals surface area contributed by atoms with Gasteiger partial charge in [-0.15, -0.1) is 0 Å². The molecular formula is C11H14N3O6S2+. The molecule has 22 heavy (non-hydrogen) atoms. The molecule has 9 nitrogen and oxygen atoms in total. The Morgan fingerprint density at radius 2 is 1.64 bits per heavy atom. The summed E-state index contributed by atoms with van der Waals surface area (Å²) in [5.74, 6) is 0. The first kappa shape index (κ1) is 16.6. The average molecular weight is 348 g/mol. The minimum atomic E-state index is -4.75. The molecule has 0 radical (unpaired) electrons. The van der Waals surface area contributed by atoms with Crippen LogP contribution >= 0.6 is 0 Å². The fourth-order valence-corrected chi connectivity index (χ4v) is 3.57. The minimum absolute atomic E-state index is 0.125. The van der Waals surface area contributed by atoms with Crippen molar-refractivity contribution in [1.82, 2.24) is 4.57 Å². The minimum Gasteiger partial charge on any atom is -0.326 e. The summed E-state index contributed by atoms with van der Waals surface area (Å²) in [4.78, 5) is -1.33. The SMILES string of the molecule is C[n+]1ccn(-c2c(S(=O)(=O)O)cc(CN)cc2S(=O)(=O)O)c1. The number of nitrogens with two attached hydrogens (primary N) is 1. The molecule has 0 spiro atoms. The Hall–Kier alpha value is -1.79. The van der Waals surface area contributed by atoms with Gasteiger partial charge in [-0.2, -0.15) is 21.4 Å². The number of rotatable bonds is 4. The van der Waals surface area contributed by atoms with E-state index in [0.29, 0.717) is 0 Å². The van der Waals surface area contributed by atoms with Crippen LogP contribution in [0.5, 0.6) is 0 Å². The number of aryl methyl sites for hydroxylation is 1. The lowest BCUT2D eigenvalue weighted by molar-refractivity contribution is -0.670. The summed E-state index contributed by atoms with van der Waals surface area (Å²) in [6, 6.07) is 2.11. The molecule has 0 bridgehead atoms. The number of aromatic nitrogens is 2. The average Bonchev–Trinajstić information content (AvgIpc) is 2.81. The Bertz CT molecular complexity index is 877. The molecule has 0 saturated carbocycles. The molecule has 0 aliphatic carbocycles. The number of hydrogen-bond donors (Lipinski definition) is 3. The summed E-state index contributed by atoms with van der Waals surface area (Å²) >= 11 is 0. The molecule has 11 heteroatoms. The van der Waals surface area contributed by atoms with Crippen LogP contribution in [0.15, 0.2) is 40.6 Å². The van der Waals surface area contributed by atoms with Crippen LogP contribution in [-0.2, 0) is 33.8 Å². The van der Waals surface area contributed by atoms with Gasteiger partial charge in [0.15, 0.2) is 5.69 Å². The molecule has 0 aliphatic heterocycles. The van der Waals surface area contributed by atoms with Crippen molar-refractivity contribution in [3.63, 3.8) is 0 Å². The van der Waals surface area contributed by atoms with Crippen LogP contribution in [0.2, 0.25) is 0 Å². The molecule has 4 N–H and O–H groups in total. The van der Waals surface area contributed by atoms with Crippen molar-refractivity contribution in [1.29, 1.82) is 0 Å². The van der Waals surface area contributed by atoms with Crippen molar-refractivity contribution in [2.24, 2.45) is 12.8 Å². The lowest BCUT2D eigenvalue weighted by atomic mass is 10.2. The fraction of sp³-hybridized carbons (Fsp3) is 0.182. The maximum Gasteiger partial charge on any atom is 0.298 e. The van der Waals surface area contributed by atoms with Gasteiger partial charge in [0.05, 0.1) is 7.05 Å². The highest BCUT2D eigenvalue weighted by Gasteiger charge is 2.30. The molecule has 1 aromatic carbocycles. The Labute approximate surface area is 127 Å². The highest BCUT2D eigenvalue weighted by Crippen LogP contribution is 2.29. The molecule has 2 aromatic rings. The van der Waals surface area contributed by atoms with Crippen molar-refractivity contribution in [3.8, 4) is 5.69 Å². The Morgan fingerprint density at radius 1 is 1.14 bits per heavy atom. The van der Waals surface area contributed by atoms with Gasteiger partial charge in [-0.1, -0.05) is 0 Å². The highest BCUT2D eigenvalue weighted by molar-refractivity contribution is 7.87. The molecule has 0 fully saturated rings. The quantitative estimate of drug-likeness (QED) is 0.487. The standard InChI is InChI=1S/C11H13N3O6S2/c1-13-2-3-14(7-13)11-9(21(15,16)17)4-8(6-12)5-10(11)22(18,19)20/h2-5,7H,6,12H2,1H3,(H-,15,16,17,18,19,20)/p+1. The van der Waals surface area contributed by atoms with Crippen LogP contribution in [0.1, 0.15) is 5.56 Å². The van der Waals surface area contributed by atoms with Crippen molar-refractivity contribution < 1.29 is 30.5 Å². The predicted octanol–water partition coefficient (Wildman–Crippen LogP) is -0.746. The van der Waals surface area contributed by atoms with E-state index < -0.39 is 30.0 Å². The zero-order valence-corrected chi connectivity index (χ0v) is 13.0. The molecular weight excluding hydrogens is 334 g/mol. The van der Waals surface area contributed by atoms with Crippen LogP contribution in [0, 0.1) is 0 Å². The molecule has 0 saturated heterocycles. The first-order valence-electron chi connectivity index (χ1n) is 5.89. The lowest BCUT2D eigenvalue weighted by Gasteiger charge is -2.10. The van der Waals surface area contributed by atoms with E-state index in [1.165, 1.54) is 23.3 Å². The van der Waals surface area contributed by atoms with Crippen molar-refractivity contribution in [2.75, 3.05) is 0 Å². The van der Waals surface area contributed by atoms with E-state index in [4.69, 9.17) is 5.73 Å². The first-order valence-corrected chi connectivity index (χ1v) is 8.77. The van der Waals surface area contributed by atoms with Gasteiger partial charge < -0.3 is 5.73 Å². The van der Waals surface area contributed by atoms with Gasteiger partial charge in [-0.25, -0.2) is 4.57 Å². The molecule has 2 rings (SSSR count). The second-order valence-corrected chi connectivity index (χ2v) is 7.36. The van der Waals surface area contributed by atoms with Gasteiger partial charge in [0.2, 0.25) is 6.33 Å². The van der Waals surface area contributed by atoms with E-state index in [0.717, 1.165) is 16.7 Å². The number of hydrogen-bond acceptors (Lipinski definition) is 5. The third-order valence-corrected chi connectivity index (χ3v) is 4.65. The smallest absolute Gasteiger partial charge is 0.298 e. The topological polar surface area (TPSA) is 144 Å². The summed E-state index contributed by atoms with van der Waals surface area (Å²) in [6.45, 7) is -0.176. The summed E-state index contributed by atoms with van der Waals surface area (Å²) in [5.41, 5.74) is 5.14. The van der Waals surface area contributed by atoms with E-state index >= 15 is 0 Å². The maximum absolute atomic E-state index is 11.6. The molecule has 0 atom stereocenters. The van der Waals surface area contributed by atoms with E-state index in [2.05, 4.69) is 0 Å². The highest BCUT2D eigenvalue weighted by atomic mass is 32.2. The fourth-order valence-electron chi connectivity index (χ4n) is 1.98. The second-order valence-electron chi connectivity index (χ2n) is 4.58. The van der Waals surface area contributed by atoms with Crippen molar-refractivity contribution in [3.05, 3.63) is 36.4 Å². The Balaban J connectivity index is 3.00. The number of nitrogens with zero attached hydrogens (tertiary/aromatic N) is 2. The molecule has 1 heterocycles. The van der Waals surface area contributed by atoms with Gasteiger partial charge >= 0.3 is 0 Å². The van der Waals surface area contributed by atoms with Crippen LogP contribution in [0.3, 0.4) is 0 Å². The third kappa shape index (κ3) is 3.18. The predicted molar refractivity (Wildman–Crippen MR) is 74.5 cm³/mol. The van der Waals surface area contributed by atoms with Crippen molar-refractivity contribution >= 4 is 20.2 Å². The van der Waals surface area contributed by atoms with Crippen LogP contribution in [0.25, 0.3) is 5.69 Å². The Morgan fingerprint density at radius 3 is 1.95 bits per heavy atom. The van der Waals surface area contributed by atoms with E-state index in [1.807, 2.05) is 0 Å². The largest absolute Gasteiger partial charge is 0.326 e. The monoisotopic (exact) mass is 348 g/mol. The molecule has 0 aliphatic rings. The van der Waals surface area contributed by atoms with Gasteiger partial charge in [0.1, 0.15) is 22.2 Å². The zero-order valence-electron chi connectivity index (χ0n) is 11.4. The summed E-state index contributed by atoms with van der Waals surface area (Å²) in [6.07, 6.45) is 4.28. The third-order valence-electron chi connectivity index (χ3n) is 2.92. The summed E-state index contributed by atoms with van der Waals surface area (Å²) in [7, 11) is -7.87. The molecule has 0 unspecified atom stereocenters. The maximum atomic E-state index is 11.6. The van der Waals surface area contributed by atoms with Crippen LogP contribution in [0.4, 0.5) is 0 Å². The molecule has 0 amide bonds. The summed E-state index contributed by atoms with van der Waals surface area (Å²) < 4.78 is 67.8. The molecule has 1 aromatic heterocycles. The van der Waals surface area contributed by atoms with Gasteiger partial charge in [0, 0.05) is 6.54 Å². The van der Waals surface area contributed by atoms with Gasteiger partial charge in [-0.3, -0.25) is 9.11 Å². The van der Waals surface area contributed by atoms with E-state index in [1.54, 1.807) is 7.05 Å². The van der Waals surface area contributed by atoms with Crippen LogP contribution in [-0.4, -0.2) is 30.5 Å². The second kappa shape index (κ2) is 5.44. The Kier molecular flexibility index (Phi) is 4.10. The number of imidazole rings is 1. The number of benzene rings is 1. The normalized spacial score (nSPS) is 12.5. The van der Waals surface area contributed by atoms with Crippen LogP contribution < -0.4 is 10.3 Å². The van der Waals surface area contributed by atoms with E-state index in [-0.39, 0.29) is 17.8 Å². The van der Waals surface area contributed by atoms with E-state index in [9.17, 15) is 25.9 Å². The molecule has 120 valence electrons. The summed E-state index contributed by atoms with van der Waals surface area (Å²) in [5, 5.41) is 0.